The molecule has 0 spiro atoms. The smallest absolute Gasteiger partial charge is 0.744 e. The van der Waals surface area contributed by atoms with Crippen LogP contribution in [0.25, 0.3) is 0 Å². The number of aliphatic hydroxyl groups excluding tert-OH is 2. The molecule has 0 amide bonds. The van der Waals surface area contributed by atoms with Gasteiger partial charge < -0.3 is 33.7 Å². The van der Waals surface area contributed by atoms with Crippen molar-refractivity contribution in [1.82, 2.24) is 0 Å². The Bertz CT molecular complexity index is 707. The molecule has 0 heterocycles. The van der Waals surface area contributed by atoms with Gasteiger partial charge in [-0.3, -0.25) is 0 Å². The van der Waals surface area contributed by atoms with E-state index >= 15 is 0 Å². The van der Waals surface area contributed by atoms with Crippen LogP contribution in [0.1, 0.15) is 20.7 Å². The third-order valence-corrected chi connectivity index (χ3v) is 3.87. The maximum absolute atomic E-state index is 12.0. The van der Waals surface area contributed by atoms with Gasteiger partial charge in [0.1, 0.15) is 23.3 Å². The summed E-state index contributed by atoms with van der Waals surface area (Å²) in [5, 5.41) is 17.1. The third-order valence-electron chi connectivity index (χ3n) is 3.06. The zero-order chi connectivity index (χ0) is 21.0. The van der Waals surface area contributed by atoms with Crippen molar-refractivity contribution in [2.24, 2.45) is 0 Å². The SMILES string of the molecule is O=C(OCCOCCO)c1cc(C(=O)OCCOCCO)cc(S(=O)(=O)[O-])c1.[Na+]. The molecule has 0 aromatic heterocycles. The zero-order valence-corrected chi connectivity index (χ0v) is 18.7. The summed E-state index contributed by atoms with van der Waals surface area (Å²) in [4.78, 5) is 23.3. The molecule has 1 rings (SSSR count). The van der Waals surface area contributed by atoms with Gasteiger partial charge in [0.15, 0.2) is 0 Å². The van der Waals surface area contributed by atoms with Crippen LogP contribution in [0.2, 0.25) is 0 Å². The Balaban J connectivity index is 0.00000784. The van der Waals surface area contributed by atoms with Crippen LogP contribution in [0, 0.1) is 0 Å². The molecule has 1 aromatic rings. The molecule has 0 saturated heterocycles. The summed E-state index contributed by atoms with van der Waals surface area (Å²) in [6.07, 6.45) is 0. The second-order valence-corrected chi connectivity index (χ2v) is 6.52. The number of hydrogen-bond donors (Lipinski definition) is 2. The molecule has 0 saturated carbocycles. The molecule has 0 radical (unpaired) electrons. The Morgan fingerprint density at radius 1 is 0.793 bits per heavy atom. The minimum atomic E-state index is -4.95. The fraction of sp³-hybridized carbons (Fsp3) is 0.500. The van der Waals surface area contributed by atoms with Gasteiger partial charge >= 0.3 is 41.5 Å². The molecule has 0 bridgehead atoms. The van der Waals surface area contributed by atoms with Crippen LogP contribution in [-0.4, -0.2) is 88.0 Å². The van der Waals surface area contributed by atoms with E-state index in [1.54, 1.807) is 0 Å². The van der Waals surface area contributed by atoms with Gasteiger partial charge in [-0.05, 0) is 18.2 Å². The summed E-state index contributed by atoms with van der Waals surface area (Å²) in [5.74, 6) is -1.95. The van der Waals surface area contributed by atoms with Crippen LogP contribution in [-0.2, 0) is 29.1 Å². The topological polar surface area (TPSA) is 169 Å². The van der Waals surface area contributed by atoms with Gasteiger partial charge in [-0.15, -0.1) is 0 Å². The first kappa shape index (κ1) is 27.9. The van der Waals surface area contributed by atoms with Gasteiger partial charge in [0.25, 0.3) is 0 Å². The van der Waals surface area contributed by atoms with Crippen LogP contribution in [0.5, 0.6) is 0 Å². The summed E-state index contributed by atoms with van der Waals surface area (Å²) in [6.45, 7) is -0.672. The Labute approximate surface area is 189 Å². The van der Waals surface area contributed by atoms with E-state index in [-0.39, 0.29) is 93.5 Å². The van der Waals surface area contributed by atoms with Crippen LogP contribution in [0.3, 0.4) is 0 Å². The van der Waals surface area contributed by atoms with E-state index in [4.69, 9.17) is 29.2 Å². The first-order chi connectivity index (χ1) is 13.3. The predicted molar refractivity (Wildman–Crippen MR) is 90.8 cm³/mol. The van der Waals surface area contributed by atoms with Crippen LogP contribution < -0.4 is 29.6 Å². The van der Waals surface area contributed by atoms with Gasteiger partial charge in [0, 0.05) is 0 Å². The van der Waals surface area contributed by atoms with Crippen molar-refractivity contribution >= 4 is 22.1 Å². The van der Waals surface area contributed by atoms with Gasteiger partial charge in [0.2, 0.25) is 0 Å². The standard InChI is InChI=1S/C16H22O11S.Na/c17-1-3-24-5-7-26-15(19)12-9-13(11-14(10-12)28(21,22)23)16(20)27-8-6-25-4-2-18;/h9-11,17-18H,1-8H2,(H,21,22,23);/q;+1/p-1. The second kappa shape index (κ2) is 14.8. The Morgan fingerprint density at radius 2 is 1.21 bits per heavy atom. The third kappa shape index (κ3) is 11.0. The van der Waals surface area contributed by atoms with Gasteiger partial charge in [-0.1, -0.05) is 0 Å². The normalized spacial score (nSPS) is 10.9. The Morgan fingerprint density at radius 3 is 1.55 bits per heavy atom. The number of hydrogen-bond acceptors (Lipinski definition) is 11. The fourth-order valence-corrected chi connectivity index (χ4v) is 2.41. The zero-order valence-electron chi connectivity index (χ0n) is 15.9. The van der Waals surface area contributed by atoms with Crippen molar-refractivity contribution in [3.63, 3.8) is 0 Å². The molecule has 2 N–H and O–H groups in total. The molecular weight excluding hydrogens is 423 g/mol. The van der Waals surface area contributed by atoms with Crippen molar-refractivity contribution in [3.8, 4) is 0 Å². The molecule has 0 aliphatic carbocycles. The Hall–Kier alpha value is -1.09. The monoisotopic (exact) mass is 444 g/mol. The maximum atomic E-state index is 12.0. The summed E-state index contributed by atoms with van der Waals surface area (Å²) in [6, 6.07) is 2.61. The number of ether oxygens (including phenoxy) is 4. The van der Waals surface area contributed by atoms with E-state index in [9.17, 15) is 22.6 Å². The van der Waals surface area contributed by atoms with E-state index in [1.807, 2.05) is 0 Å². The summed E-state index contributed by atoms with van der Waals surface area (Å²) in [5.41, 5.74) is -0.662. The Kier molecular flexibility index (Phi) is 14.3. The molecule has 1 aromatic carbocycles. The summed E-state index contributed by atoms with van der Waals surface area (Å²) in [7, 11) is -4.95. The molecule has 29 heavy (non-hydrogen) atoms. The quantitative estimate of drug-likeness (QED) is 0.131. The number of carbonyl (C=O) groups excluding carboxylic acids is 2. The van der Waals surface area contributed by atoms with Crippen molar-refractivity contribution in [1.29, 1.82) is 0 Å². The number of carbonyl (C=O) groups is 2. The summed E-state index contributed by atoms with van der Waals surface area (Å²) >= 11 is 0. The van der Waals surface area contributed by atoms with Gasteiger partial charge in [-0.25, -0.2) is 18.0 Å². The number of esters is 2. The molecule has 11 nitrogen and oxygen atoms in total. The predicted octanol–water partition coefficient (Wildman–Crippen LogP) is -4.07. The molecule has 13 heteroatoms. The molecule has 0 atom stereocenters. The first-order valence-electron chi connectivity index (χ1n) is 8.12. The average molecular weight is 444 g/mol. The molecule has 0 fully saturated rings. The summed E-state index contributed by atoms with van der Waals surface area (Å²) < 4.78 is 53.4. The van der Waals surface area contributed by atoms with E-state index < -0.39 is 27.0 Å². The molecular formula is C16H21NaO11S. The fourth-order valence-electron chi connectivity index (χ4n) is 1.87. The van der Waals surface area contributed by atoms with Crippen molar-refractivity contribution in [2.75, 3.05) is 52.9 Å². The maximum Gasteiger partial charge on any atom is 1.00 e. The second-order valence-electron chi connectivity index (χ2n) is 5.14. The molecule has 0 unspecified atom stereocenters. The molecule has 0 aliphatic heterocycles. The van der Waals surface area contributed by atoms with Gasteiger partial charge in [0.05, 0.1) is 55.7 Å². The van der Waals surface area contributed by atoms with E-state index in [0.717, 1.165) is 18.2 Å². The van der Waals surface area contributed by atoms with Crippen LogP contribution in [0.4, 0.5) is 0 Å². The average Bonchev–Trinajstić information content (AvgIpc) is 2.66. The van der Waals surface area contributed by atoms with E-state index in [0.29, 0.717) is 0 Å². The van der Waals surface area contributed by atoms with Crippen molar-refractivity contribution < 1.29 is 81.3 Å². The van der Waals surface area contributed by atoms with Crippen molar-refractivity contribution in [2.45, 2.75) is 4.90 Å². The van der Waals surface area contributed by atoms with E-state index in [1.165, 1.54) is 0 Å². The minimum absolute atomic E-state index is 0. The number of aliphatic hydroxyl groups is 2. The largest absolute Gasteiger partial charge is 1.00 e. The van der Waals surface area contributed by atoms with Crippen LogP contribution in [0.15, 0.2) is 23.1 Å². The van der Waals surface area contributed by atoms with Crippen LogP contribution >= 0.6 is 0 Å². The number of rotatable bonds is 13. The van der Waals surface area contributed by atoms with Gasteiger partial charge in [-0.2, -0.15) is 0 Å². The number of benzene rings is 1. The minimum Gasteiger partial charge on any atom is -0.744 e. The molecule has 0 aliphatic rings. The van der Waals surface area contributed by atoms with Crippen molar-refractivity contribution in [3.05, 3.63) is 29.3 Å². The van der Waals surface area contributed by atoms with E-state index in [2.05, 4.69) is 0 Å². The first-order valence-corrected chi connectivity index (χ1v) is 9.53. The molecule has 158 valence electrons.